The summed E-state index contributed by atoms with van der Waals surface area (Å²) in [5.74, 6) is -4.74. The van der Waals surface area contributed by atoms with E-state index in [1.807, 2.05) is 6.92 Å². The Morgan fingerprint density at radius 1 is 0.778 bits per heavy atom. The van der Waals surface area contributed by atoms with Crippen LogP contribution in [0, 0.1) is 0 Å². The molecule has 0 unspecified atom stereocenters. The molecule has 10 heteroatoms. The number of aliphatic carboxylic acids is 1. The Kier molecular flexibility index (Phi) is 9.05. The van der Waals surface area contributed by atoms with Gasteiger partial charge in [-0.25, -0.2) is 14.4 Å². The second-order valence-electron chi connectivity index (χ2n) is 7.50. The molecular weight excluding hydrogens is 509 g/mol. The van der Waals surface area contributed by atoms with Crippen LogP contribution in [-0.4, -0.2) is 41.1 Å². The molecule has 36 heavy (non-hydrogen) atoms. The number of carbonyl (C=O) groups is 4. The van der Waals surface area contributed by atoms with Crippen molar-refractivity contribution >= 4 is 52.7 Å². The first-order valence-corrected chi connectivity index (χ1v) is 11.5. The van der Waals surface area contributed by atoms with Gasteiger partial charge in [-0.15, -0.1) is 0 Å². The number of hydrogen-bond donors (Lipinski definition) is 2. The molecule has 0 spiro atoms. The van der Waals surface area contributed by atoms with Crippen molar-refractivity contribution in [3.05, 3.63) is 99.5 Å². The molecule has 1 amide bonds. The first-order valence-electron chi connectivity index (χ1n) is 10.7. The van der Waals surface area contributed by atoms with Crippen molar-refractivity contribution in [3.63, 3.8) is 0 Å². The van der Waals surface area contributed by atoms with Crippen LogP contribution in [-0.2, 0) is 25.5 Å². The van der Waals surface area contributed by atoms with Crippen molar-refractivity contribution in [2.45, 2.75) is 25.6 Å². The van der Waals surface area contributed by atoms with Crippen LogP contribution < -0.4 is 5.32 Å². The molecule has 2 N–H and O–H groups in total. The molecule has 0 bridgehead atoms. The van der Waals surface area contributed by atoms with Crippen LogP contribution in [0.2, 0.25) is 10.0 Å². The van der Waals surface area contributed by atoms with Crippen LogP contribution in [0.25, 0.3) is 0 Å². The van der Waals surface area contributed by atoms with E-state index in [4.69, 9.17) is 32.7 Å². The van der Waals surface area contributed by atoms with Gasteiger partial charge in [0, 0.05) is 15.7 Å². The highest BCUT2D eigenvalue weighted by atomic mass is 35.5. The normalized spacial score (nSPS) is 12.2. The molecular formula is C26H21Cl2NO7. The summed E-state index contributed by atoms with van der Waals surface area (Å²) < 4.78 is 10.4. The number of rotatable bonds is 9. The highest BCUT2D eigenvalue weighted by molar-refractivity contribution is 6.31. The van der Waals surface area contributed by atoms with E-state index in [0.717, 1.165) is 5.56 Å². The summed E-state index contributed by atoms with van der Waals surface area (Å²) in [5.41, 5.74) is 1.16. The van der Waals surface area contributed by atoms with Crippen LogP contribution in [0.15, 0.2) is 72.8 Å². The van der Waals surface area contributed by atoms with Gasteiger partial charge in [-0.3, -0.25) is 4.79 Å². The molecule has 0 radical (unpaired) electrons. The molecule has 0 fully saturated rings. The minimum Gasteiger partial charge on any atom is -0.478 e. The van der Waals surface area contributed by atoms with Crippen LogP contribution in [0.1, 0.15) is 33.2 Å². The van der Waals surface area contributed by atoms with Crippen molar-refractivity contribution in [2.24, 2.45) is 0 Å². The van der Waals surface area contributed by atoms with Gasteiger partial charge in [-0.2, -0.15) is 0 Å². The number of amides is 1. The number of ether oxygens (including phenoxy) is 2. The molecule has 8 nitrogen and oxygen atoms in total. The third kappa shape index (κ3) is 6.84. The van der Waals surface area contributed by atoms with E-state index in [0.29, 0.717) is 22.2 Å². The topological polar surface area (TPSA) is 119 Å². The number of anilines is 1. The minimum atomic E-state index is -2.15. The molecule has 0 heterocycles. The van der Waals surface area contributed by atoms with E-state index >= 15 is 0 Å². The molecule has 0 saturated heterocycles. The van der Waals surface area contributed by atoms with Crippen LogP contribution in [0.4, 0.5) is 5.69 Å². The number of carbonyl (C=O) groups excluding carboxylic acids is 3. The fraction of sp³-hybridized carbons (Fsp3) is 0.154. The lowest BCUT2D eigenvalue weighted by atomic mass is 10.1. The second kappa shape index (κ2) is 12.2. The molecule has 3 aromatic carbocycles. The molecule has 186 valence electrons. The van der Waals surface area contributed by atoms with Crippen LogP contribution >= 0.6 is 23.2 Å². The Morgan fingerprint density at radius 2 is 1.25 bits per heavy atom. The van der Waals surface area contributed by atoms with Gasteiger partial charge in [0.05, 0.1) is 11.1 Å². The van der Waals surface area contributed by atoms with E-state index in [2.05, 4.69) is 5.32 Å². The van der Waals surface area contributed by atoms with Gasteiger partial charge in [-0.1, -0.05) is 48.3 Å². The first-order chi connectivity index (χ1) is 17.2. The first kappa shape index (κ1) is 26.7. The summed E-state index contributed by atoms with van der Waals surface area (Å²) in [6.07, 6.45) is -3.61. The fourth-order valence-electron chi connectivity index (χ4n) is 3.19. The van der Waals surface area contributed by atoms with E-state index in [-0.39, 0.29) is 11.1 Å². The minimum absolute atomic E-state index is 0.00911. The third-order valence-electron chi connectivity index (χ3n) is 5.06. The number of aryl methyl sites for hydroxylation is 1. The quantitative estimate of drug-likeness (QED) is 0.373. The number of esters is 2. The van der Waals surface area contributed by atoms with Crippen LogP contribution in [0.3, 0.4) is 0 Å². The zero-order valence-corrected chi connectivity index (χ0v) is 20.5. The van der Waals surface area contributed by atoms with Gasteiger partial charge in [0.1, 0.15) is 0 Å². The van der Waals surface area contributed by atoms with Crippen molar-refractivity contribution in [1.82, 2.24) is 0 Å². The highest BCUT2D eigenvalue weighted by Gasteiger charge is 2.41. The average Bonchev–Trinajstić information content (AvgIpc) is 2.86. The van der Waals surface area contributed by atoms with Crippen LogP contribution in [0.5, 0.6) is 0 Å². The van der Waals surface area contributed by atoms with E-state index in [9.17, 15) is 24.3 Å². The average molecular weight is 530 g/mol. The van der Waals surface area contributed by atoms with Crippen molar-refractivity contribution in [2.75, 3.05) is 5.32 Å². The summed E-state index contributed by atoms with van der Waals surface area (Å²) in [5, 5.41) is 13.1. The third-order valence-corrected chi connectivity index (χ3v) is 5.56. The largest absolute Gasteiger partial charge is 0.478 e. The van der Waals surface area contributed by atoms with Crippen molar-refractivity contribution in [1.29, 1.82) is 0 Å². The smallest absolute Gasteiger partial charge is 0.349 e. The van der Waals surface area contributed by atoms with Gasteiger partial charge < -0.3 is 19.9 Å². The summed E-state index contributed by atoms with van der Waals surface area (Å²) in [7, 11) is 0. The second-order valence-corrected chi connectivity index (χ2v) is 8.38. The zero-order chi connectivity index (χ0) is 26.2. The Balaban J connectivity index is 1.93. The monoisotopic (exact) mass is 529 g/mol. The number of halogens is 2. The zero-order valence-electron chi connectivity index (χ0n) is 18.9. The Hall–Kier alpha value is -3.88. The van der Waals surface area contributed by atoms with Gasteiger partial charge in [0.2, 0.25) is 12.2 Å². The number of nitrogens with one attached hydrogen (secondary N) is 1. The Bertz CT molecular complexity index is 1260. The summed E-state index contributed by atoms with van der Waals surface area (Å²) in [6.45, 7) is 1.87. The SMILES string of the molecule is CCc1ccccc1NC(=O)[C@H](OC(=O)c1ccc(Cl)cc1)[C@@H](OC(=O)c1ccc(Cl)cc1)C(=O)O. The molecule has 0 aliphatic heterocycles. The lowest BCUT2D eigenvalue weighted by Crippen LogP contribution is -2.48. The number of carboxylic acid groups (broad SMARTS) is 1. The molecule has 3 rings (SSSR count). The molecule has 0 saturated carbocycles. The molecule has 0 aromatic heterocycles. The summed E-state index contributed by atoms with van der Waals surface area (Å²) in [4.78, 5) is 50.8. The number of para-hydroxylation sites is 1. The lowest BCUT2D eigenvalue weighted by Gasteiger charge is -2.24. The van der Waals surface area contributed by atoms with Gasteiger partial charge in [0.25, 0.3) is 5.91 Å². The number of hydrogen-bond acceptors (Lipinski definition) is 6. The maximum atomic E-state index is 13.2. The van der Waals surface area contributed by atoms with Gasteiger partial charge >= 0.3 is 17.9 Å². The van der Waals surface area contributed by atoms with E-state index in [1.54, 1.807) is 24.3 Å². The molecule has 3 aromatic rings. The predicted octanol–water partition coefficient (Wildman–Crippen LogP) is 5.03. The maximum absolute atomic E-state index is 13.2. The van der Waals surface area contributed by atoms with Crippen molar-refractivity contribution in [3.8, 4) is 0 Å². The lowest BCUT2D eigenvalue weighted by molar-refractivity contribution is -0.157. The Morgan fingerprint density at radius 3 is 1.72 bits per heavy atom. The molecule has 0 aliphatic carbocycles. The fourth-order valence-corrected chi connectivity index (χ4v) is 3.44. The maximum Gasteiger partial charge on any atom is 0.349 e. The predicted molar refractivity (Wildman–Crippen MR) is 133 cm³/mol. The highest BCUT2D eigenvalue weighted by Crippen LogP contribution is 2.20. The van der Waals surface area contributed by atoms with E-state index < -0.39 is 36.0 Å². The van der Waals surface area contributed by atoms with Gasteiger partial charge in [0.15, 0.2) is 0 Å². The molecule has 2 atom stereocenters. The molecule has 0 aliphatic rings. The Labute approximate surface area is 216 Å². The number of benzene rings is 3. The standard InChI is InChI=1S/C26H21Cl2NO7/c1-2-15-5-3-4-6-20(15)29-23(30)21(35-25(33)16-7-11-18(27)12-8-16)22(24(31)32)36-26(34)17-9-13-19(28)14-10-17/h3-14,21-22H,2H2,1H3,(H,29,30)(H,31,32)/t21-,22-/m1/s1. The van der Waals surface area contributed by atoms with Gasteiger partial charge in [-0.05, 0) is 66.6 Å². The summed E-state index contributed by atoms with van der Waals surface area (Å²) >= 11 is 11.7. The van der Waals surface area contributed by atoms with Crippen molar-refractivity contribution < 1.29 is 33.8 Å². The van der Waals surface area contributed by atoms with E-state index in [1.165, 1.54) is 48.5 Å². The number of carboxylic acids is 1. The summed E-state index contributed by atoms with van der Waals surface area (Å²) in [6, 6.07) is 17.9.